The number of allylic oxidation sites excluding steroid dienone is 3. The van der Waals surface area contributed by atoms with Crippen molar-refractivity contribution in [2.45, 2.75) is 141 Å². The summed E-state index contributed by atoms with van der Waals surface area (Å²) in [5.41, 5.74) is -0.631. The number of ether oxygens (including phenoxy) is 2. The van der Waals surface area contributed by atoms with Crippen molar-refractivity contribution < 1.29 is 34.1 Å². The van der Waals surface area contributed by atoms with E-state index in [-0.39, 0.29) is 37.0 Å². The first kappa shape index (κ1) is 39.1. The van der Waals surface area contributed by atoms with Gasteiger partial charge in [-0.1, -0.05) is 63.8 Å². The highest BCUT2D eigenvalue weighted by atomic mass is 16.6. The minimum atomic E-state index is -1.45. The Morgan fingerprint density at radius 3 is 2.35 bits per heavy atom. The molecule has 10 heteroatoms. The topological polar surface area (TPSA) is 120 Å². The summed E-state index contributed by atoms with van der Waals surface area (Å²) in [6.07, 6.45) is 17.7. The van der Waals surface area contributed by atoms with Crippen molar-refractivity contribution >= 4 is 18.0 Å². The SMILES string of the molecule is C/C(=C\C=C\C(C)CCC(=O)N1CCCC1)[C@H]1OC(=O)C[C@@H](O)CC[C@](C)(O)[C@@H](OC(=O)N2CCN(C3CCCCCC3)CC2)/C=C/[C@@H]1C. The van der Waals surface area contributed by atoms with E-state index in [1.54, 1.807) is 17.9 Å². The lowest BCUT2D eigenvalue weighted by Crippen LogP contribution is -2.53. The third-order valence-electron chi connectivity index (χ3n) is 11.0. The molecule has 3 heterocycles. The highest BCUT2D eigenvalue weighted by Gasteiger charge is 2.37. The van der Waals surface area contributed by atoms with Gasteiger partial charge in [-0.25, -0.2) is 4.79 Å². The zero-order chi connectivity index (χ0) is 35.4. The molecule has 2 saturated heterocycles. The van der Waals surface area contributed by atoms with Crippen LogP contribution in [-0.2, 0) is 19.1 Å². The minimum Gasteiger partial charge on any atom is -0.457 e. The fraction of sp³-hybridized carbons (Fsp3) is 0.769. The number of cyclic esters (lactones) is 1. The van der Waals surface area contributed by atoms with Crippen molar-refractivity contribution in [1.29, 1.82) is 0 Å². The van der Waals surface area contributed by atoms with E-state index in [4.69, 9.17) is 9.47 Å². The molecule has 4 rings (SSSR count). The molecule has 2 amide bonds. The zero-order valence-electron chi connectivity index (χ0n) is 30.6. The molecule has 6 atom stereocenters. The van der Waals surface area contributed by atoms with E-state index in [1.807, 2.05) is 37.0 Å². The van der Waals surface area contributed by atoms with Gasteiger partial charge in [-0.15, -0.1) is 0 Å². The van der Waals surface area contributed by atoms with Gasteiger partial charge in [0.15, 0.2) is 6.10 Å². The van der Waals surface area contributed by atoms with E-state index in [1.165, 1.54) is 38.5 Å². The average molecular weight is 686 g/mol. The van der Waals surface area contributed by atoms with Crippen LogP contribution in [0.1, 0.15) is 111 Å². The molecule has 0 aromatic rings. The quantitative estimate of drug-likeness (QED) is 0.143. The number of nitrogens with zero attached hydrogens (tertiary/aromatic N) is 3. The number of aliphatic hydroxyl groups excluding tert-OH is 1. The van der Waals surface area contributed by atoms with Crippen LogP contribution in [-0.4, -0.2) is 112 Å². The fourth-order valence-electron chi connectivity index (χ4n) is 7.59. The molecule has 4 aliphatic rings. The van der Waals surface area contributed by atoms with Crippen LogP contribution in [0, 0.1) is 11.8 Å². The number of likely N-dealkylation sites (tertiary alicyclic amines) is 1. The first-order valence-electron chi connectivity index (χ1n) is 19.0. The first-order chi connectivity index (χ1) is 23.4. The van der Waals surface area contributed by atoms with E-state index >= 15 is 0 Å². The number of hydrogen-bond donors (Lipinski definition) is 2. The van der Waals surface area contributed by atoms with Crippen molar-refractivity contribution in [2.75, 3.05) is 39.3 Å². The van der Waals surface area contributed by atoms with Crippen molar-refractivity contribution in [3.05, 3.63) is 36.0 Å². The number of hydrogen-bond acceptors (Lipinski definition) is 8. The Bertz CT molecular complexity index is 1160. The van der Waals surface area contributed by atoms with Crippen LogP contribution in [0.2, 0.25) is 0 Å². The smallest absolute Gasteiger partial charge is 0.410 e. The van der Waals surface area contributed by atoms with Crippen molar-refractivity contribution in [3.8, 4) is 0 Å². The maximum atomic E-state index is 13.4. The molecule has 49 heavy (non-hydrogen) atoms. The summed E-state index contributed by atoms with van der Waals surface area (Å²) in [6.45, 7) is 12.1. The van der Waals surface area contributed by atoms with Crippen LogP contribution in [0.5, 0.6) is 0 Å². The summed E-state index contributed by atoms with van der Waals surface area (Å²) >= 11 is 0. The number of aliphatic hydroxyl groups is 2. The predicted octanol–water partition coefficient (Wildman–Crippen LogP) is 5.77. The second-order valence-corrected chi connectivity index (χ2v) is 15.3. The maximum Gasteiger partial charge on any atom is 0.410 e. The highest BCUT2D eigenvalue weighted by Crippen LogP contribution is 2.28. The van der Waals surface area contributed by atoms with Crippen LogP contribution in [0.15, 0.2) is 36.0 Å². The molecule has 3 aliphatic heterocycles. The van der Waals surface area contributed by atoms with Gasteiger partial charge < -0.3 is 29.5 Å². The van der Waals surface area contributed by atoms with Crippen LogP contribution < -0.4 is 0 Å². The second-order valence-electron chi connectivity index (χ2n) is 15.3. The monoisotopic (exact) mass is 685 g/mol. The van der Waals surface area contributed by atoms with Gasteiger partial charge in [-0.05, 0) is 76.4 Å². The summed E-state index contributed by atoms with van der Waals surface area (Å²) in [4.78, 5) is 45.0. The van der Waals surface area contributed by atoms with Crippen molar-refractivity contribution in [1.82, 2.24) is 14.7 Å². The van der Waals surface area contributed by atoms with Crippen LogP contribution in [0.25, 0.3) is 0 Å². The number of carbonyl (C=O) groups excluding carboxylic acids is 3. The highest BCUT2D eigenvalue weighted by molar-refractivity contribution is 5.76. The molecule has 0 spiro atoms. The number of carbonyl (C=O) groups is 3. The van der Waals surface area contributed by atoms with Gasteiger partial charge in [0.2, 0.25) is 5.91 Å². The standard InChI is InChI=1S/C39H63N3O7/c1-29(16-19-35(44)41-22-9-10-23-41)12-11-13-30(2)37-31(3)17-18-34(39(4,47)21-20-33(43)28-36(45)49-37)48-38(46)42-26-24-40(25-27-42)32-14-7-5-6-8-15-32/h11-13,17-18,29,31-34,37,43,47H,5-10,14-16,19-28H2,1-4H3/b12-11+,18-17+,30-13+/t29?,31-,33-,34-,37+,39-/m0/s1. The minimum absolute atomic E-state index is 0.141. The molecule has 0 aromatic carbocycles. The number of piperazine rings is 1. The van der Waals surface area contributed by atoms with Gasteiger partial charge in [0.25, 0.3) is 0 Å². The molecule has 0 aromatic heterocycles. The molecular formula is C39H63N3O7. The molecule has 1 aliphatic carbocycles. The Morgan fingerprint density at radius 1 is 1.00 bits per heavy atom. The Labute approximate surface area is 294 Å². The Kier molecular flexibility index (Phi) is 15.2. The lowest BCUT2D eigenvalue weighted by molar-refractivity contribution is -0.151. The number of rotatable bonds is 8. The van der Waals surface area contributed by atoms with Gasteiger partial charge in [0, 0.05) is 57.6 Å². The largest absolute Gasteiger partial charge is 0.457 e. The summed E-state index contributed by atoms with van der Waals surface area (Å²) in [5, 5.41) is 22.2. The number of esters is 1. The third kappa shape index (κ3) is 12.2. The molecule has 1 saturated carbocycles. The van der Waals surface area contributed by atoms with Gasteiger partial charge in [0.05, 0.1) is 12.5 Å². The lowest BCUT2D eigenvalue weighted by Gasteiger charge is -2.40. The van der Waals surface area contributed by atoms with E-state index < -0.39 is 36.0 Å². The zero-order valence-corrected chi connectivity index (χ0v) is 30.6. The average Bonchev–Trinajstić information content (AvgIpc) is 3.49. The predicted molar refractivity (Wildman–Crippen MR) is 191 cm³/mol. The summed E-state index contributed by atoms with van der Waals surface area (Å²) in [7, 11) is 0. The molecule has 0 bridgehead atoms. The van der Waals surface area contributed by atoms with Crippen molar-refractivity contribution in [2.24, 2.45) is 11.8 Å². The maximum absolute atomic E-state index is 13.4. The lowest BCUT2D eigenvalue weighted by atomic mass is 9.88. The summed E-state index contributed by atoms with van der Waals surface area (Å²) in [5.74, 6) is -0.377. The van der Waals surface area contributed by atoms with Gasteiger partial charge >= 0.3 is 12.1 Å². The van der Waals surface area contributed by atoms with E-state index in [0.29, 0.717) is 25.6 Å². The van der Waals surface area contributed by atoms with Gasteiger partial charge in [-0.2, -0.15) is 0 Å². The molecular weight excluding hydrogens is 622 g/mol. The van der Waals surface area contributed by atoms with Crippen LogP contribution in [0.3, 0.4) is 0 Å². The molecule has 10 nitrogen and oxygen atoms in total. The molecule has 276 valence electrons. The first-order valence-corrected chi connectivity index (χ1v) is 19.0. The normalized spacial score (nSPS) is 31.8. The third-order valence-corrected chi connectivity index (χ3v) is 11.0. The number of amides is 2. The fourth-order valence-corrected chi connectivity index (χ4v) is 7.59. The van der Waals surface area contributed by atoms with Crippen molar-refractivity contribution in [3.63, 3.8) is 0 Å². The summed E-state index contributed by atoms with van der Waals surface area (Å²) < 4.78 is 11.9. The van der Waals surface area contributed by atoms with E-state index in [2.05, 4.69) is 17.9 Å². The molecule has 3 fully saturated rings. The second kappa shape index (κ2) is 19.1. The van der Waals surface area contributed by atoms with Crippen LogP contribution in [0.4, 0.5) is 4.79 Å². The van der Waals surface area contributed by atoms with Gasteiger partial charge in [0.1, 0.15) is 11.7 Å². The Morgan fingerprint density at radius 2 is 1.67 bits per heavy atom. The Balaban J connectivity index is 1.40. The molecule has 2 N–H and O–H groups in total. The van der Waals surface area contributed by atoms with E-state index in [0.717, 1.165) is 51.0 Å². The van der Waals surface area contributed by atoms with E-state index in [9.17, 15) is 24.6 Å². The Hall–Kier alpha value is -2.69. The molecule has 1 unspecified atom stereocenters. The van der Waals surface area contributed by atoms with Gasteiger partial charge in [-0.3, -0.25) is 14.5 Å². The molecule has 0 radical (unpaired) electrons. The van der Waals surface area contributed by atoms with Crippen LogP contribution >= 0.6 is 0 Å². The summed E-state index contributed by atoms with van der Waals surface area (Å²) in [6, 6.07) is 0.595.